The van der Waals surface area contributed by atoms with Gasteiger partial charge in [-0.25, -0.2) is 0 Å². The highest BCUT2D eigenvalue weighted by atomic mass is 14.6. The minimum absolute atomic E-state index is 1.02. The molecule has 0 bridgehead atoms. The van der Waals surface area contributed by atoms with Gasteiger partial charge in [0, 0.05) is 6.20 Å². The summed E-state index contributed by atoms with van der Waals surface area (Å²) in [6.07, 6.45) is 10.4. The van der Waals surface area contributed by atoms with Crippen molar-refractivity contribution < 1.29 is 0 Å². The quantitative estimate of drug-likeness (QED) is 0.652. The van der Waals surface area contributed by atoms with Crippen molar-refractivity contribution in [3.05, 3.63) is 47.8 Å². The maximum atomic E-state index is 4.23. The molecule has 0 aromatic carbocycles. The average Bonchev–Trinajstić information content (AvgIpc) is 2.25. The summed E-state index contributed by atoms with van der Waals surface area (Å²) in [7, 11) is 0. The molecular weight excluding hydrogens is 170 g/mol. The molecule has 0 saturated carbocycles. The van der Waals surface area contributed by atoms with E-state index in [-0.39, 0.29) is 0 Å². The first-order chi connectivity index (χ1) is 6.86. The molecule has 1 rings (SSSR count). The second-order valence-corrected chi connectivity index (χ2v) is 3.13. The van der Waals surface area contributed by atoms with Crippen LogP contribution in [0.25, 0.3) is 6.08 Å². The first kappa shape index (κ1) is 10.7. The Hall–Kier alpha value is -1.37. The van der Waals surface area contributed by atoms with Crippen LogP contribution in [0.5, 0.6) is 0 Å². The predicted molar refractivity (Wildman–Crippen MR) is 61.9 cm³/mol. The molecule has 1 heterocycles. The van der Waals surface area contributed by atoms with Crippen LogP contribution < -0.4 is 0 Å². The summed E-state index contributed by atoms with van der Waals surface area (Å²) < 4.78 is 0. The van der Waals surface area contributed by atoms with Gasteiger partial charge in [-0.15, -0.1) is 0 Å². The number of hydrogen-bond acceptors (Lipinski definition) is 1. The lowest BCUT2D eigenvalue weighted by molar-refractivity contribution is 1.10. The van der Waals surface area contributed by atoms with Crippen molar-refractivity contribution in [3.63, 3.8) is 0 Å². The molecule has 0 aliphatic carbocycles. The van der Waals surface area contributed by atoms with Crippen molar-refractivity contribution >= 4 is 6.08 Å². The summed E-state index contributed by atoms with van der Waals surface area (Å²) in [6, 6.07) is 5.94. The third-order valence-electron chi connectivity index (χ3n) is 2.03. The average molecular weight is 187 g/mol. The van der Waals surface area contributed by atoms with Crippen molar-refractivity contribution in [1.82, 2.24) is 4.98 Å². The molecule has 74 valence electrons. The Morgan fingerprint density at radius 3 is 2.79 bits per heavy atom. The number of nitrogens with zero attached hydrogens (tertiary/aromatic N) is 1. The van der Waals surface area contributed by atoms with E-state index in [1.165, 1.54) is 5.57 Å². The topological polar surface area (TPSA) is 12.9 Å². The van der Waals surface area contributed by atoms with Crippen LogP contribution in [0.15, 0.2) is 42.1 Å². The van der Waals surface area contributed by atoms with Crippen molar-refractivity contribution in [2.75, 3.05) is 0 Å². The Morgan fingerprint density at radius 2 is 2.21 bits per heavy atom. The van der Waals surface area contributed by atoms with E-state index in [9.17, 15) is 0 Å². The third kappa shape index (κ3) is 3.56. The number of rotatable bonds is 4. The number of hydrogen-bond donors (Lipinski definition) is 0. The van der Waals surface area contributed by atoms with Crippen LogP contribution >= 0.6 is 0 Å². The molecule has 0 atom stereocenters. The van der Waals surface area contributed by atoms with E-state index in [1.807, 2.05) is 24.4 Å². The summed E-state index contributed by atoms with van der Waals surface area (Å²) in [5, 5.41) is 0. The van der Waals surface area contributed by atoms with Crippen LogP contribution in [0.2, 0.25) is 0 Å². The minimum Gasteiger partial charge on any atom is -0.257 e. The van der Waals surface area contributed by atoms with Crippen LogP contribution in [0, 0.1) is 0 Å². The highest BCUT2D eigenvalue weighted by Crippen LogP contribution is 2.07. The fraction of sp³-hybridized carbons (Fsp3) is 0.308. The highest BCUT2D eigenvalue weighted by molar-refractivity contribution is 5.48. The van der Waals surface area contributed by atoms with Gasteiger partial charge in [0.05, 0.1) is 5.69 Å². The molecular formula is C13H17N. The molecule has 0 unspecified atom stereocenters. The van der Waals surface area contributed by atoms with Gasteiger partial charge in [-0.3, -0.25) is 4.98 Å². The lowest BCUT2D eigenvalue weighted by atomic mass is 10.1. The minimum atomic E-state index is 1.02. The van der Waals surface area contributed by atoms with Crippen molar-refractivity contribution in [2.45, 2.75) is 26.7 Å². The van der Waals surface area contributed by atoms with Crippen LogP contribution in [0.1, 0.15) is 32.4 Å². The van der Waals surface area contributed by atoms with Gasteiger partial charge in [-0.05, 0) is 31.1 Å². The van der Waals surface area contributed by atoms with E-state index >= 15 is 0 Å². The molecule has 0 spiro atoms. The standard InChI is InChI=1S/C13H17N/c1-3-7-12(4-2)9-10-13-8-5-6-11-14-13/h5-11H,3-4H2,1-2H3. The summed E-state index contributed by atoms with van der Waals surface area (Å²) in [6.45, 7) is 4.33. The molecule has 1 heteroatoms. The Bertz CT molecular complexity index is 309. The van der Waals surface area contributed by atoms with Gasteiger partial charge in [0.15, 0.2) is 0 Å². The van der Waals surface area contributed by atoms with Crippen molar-refractivity contribution in [1.29, 1.82) is 0 Å². The summed E-state index contributed by atoms with van der Waals surface area (Å²) in [5.41, 5.74) is 2.39. The summed E-state index contributed by atoms with van der Waals surface area (Å²) >= 11 is 0. The van der Waals surface area contributed by atoms with E-state index in [1.54, 1.807) is 0 Å². The Morgan fingerprint density at radius 1 is 1.36 bits per heavy atom. The van der Waals surface area contributed by atoms with E-state index in [0.29, 0.717) is 0 Å². The van der Waals surface area contributed by atoms with E-state index in [2.05, 4.69) is 37.1 Å². The predicted octanol–water partition coefficient (Wildman–Crippen LogP) is 3.84. The lowest BCUT2D eigenvalue weighted by Crippen LogP contribution is -1.78. The first-order valence-corrected chi connectivity index (χ1v) is 5.15. The largest absolute Gasteiger partial charge is 0.257 e. The molecule has 0 N–H and O–H groups in total. The lowest BCUT2D eigenvalue weighted by Gasteiger charge is -1.95. The monoisotopic (exact) mass is 187 g/mol. The van der Waals surface area contributed by atoms with Gasteiger partial charge in [-0.1, -0.05) is 37.6 Å². The molecule has 0 fully saturated rings. The second-order valence-electron chi connectivity index (χ2n) is 3.13. The van der Waals surface area contributed by atoms with Gasteiger partial charge in [0.1, 0.15) is 0 Å². The summed E-state index contributed by atoms with van der Waals surface area (Å²) in [5.74, 6) is 0. The maximum Gasteiger partial charge on any atom is 0.0629 e. The molecule has 0 amide bonds. The van der Waals surface area contributed by atoms with E-state index in [4.69, 9.17) is 0 Å². The zero-order valence-corrected chi connectivity index (χ0v) is 8.90. The van der Waals surface area contributed by atoms with Crippen LogP contribution in [0.4, 0.5) is 0 Å². The maximum absolute atomic E-state index is 4.23. The van der Waals surface area contributed by atoms with Gasteiger partial charge in [0.25, 0.3) is 0 Å². The first-order valence-electron chi connectivity index (χ1n) is 5.15. The van der Waals surface area contributed by atoms with Crippen LogP contribution in [-0.2, 0) is 0 Å². The van der Waals surface area contributed by atoms with E-state index < -0.39 is 0 Å². The molecule has 1 nitrogen and oxygen atoms in total. The van der Waals surface area contributed by atoms with E-state index in [0.717, 1.165) is 18.5 Å². The third-order valence-corrected chi connectivity index (χ3v) is 2.03. The zero-order valence-electron chi connectivity index (χ0n) is 8.90. The Balaban J connectivity index is 2.68. The molecule has 0 saturated heterocycles. The normalized spacial score (nSPS) is 12.3. The molecule has 0 aliphatic rings. The highest BCUT2D eigenvalue weighted by Gasteiger charge is 1.88. The summed E-state index contributed by atoms with van der Waals surface area (Å²) in [4.78, 5) is 4.23. The van der Waals surface area contributed by atoms with Crippen LogP contribution in [0.3, 0.4) is 0 Å². The van der Waals surface area contributed by atoms with Gasteiger partial charge < -0.3 is 0 Å². The Kier molecular flexibility index (Phi) is 4.70. The van der Waals surface area contributed by atoms with Crippen LogP contribution in [-0.4, -0.2) is 4.98 Å². The molecule has 14 heavy (non-hydrogen) atoms. The molecule has 0 aliphatic heterocycles. The fourth-order valence-corrected chi connectivity index (χ4v) is 1.26. The molecule has 0 radical (unpaired) electrons. The fourth-order valence-electron chi connectivity index (χ4n) is 1.26. The molecule has 1 aromatic heterocycles. The van der Waals surface area contributed by atoms with Gasteiger partial charge in [0.2, 0.25) is 0 Å². The second kappa shape index (κ2) is 6.14. The number of aromatic nitrogens is 1. The smallest absolute Gasteiger partial charge is 0.0629 e. The molecule has 1 aromatic rings. The van der Waals surface area contributed by atoms with Gasteiger partial charge >= 0.3 is 0 Å². The number of pyridine rings is 1. The van der Waals surface area contributed by atoms with Crippen molar-refractivity contribution in [2.24, 2.45) is 0 Å². The van der Waals surface area contributed by atoms with Gasteiger partial charge in [-0.2, -0.15) is 0 Å². The van der Waals surface area contributed by atoms with Crippen molar-refractivity contribution in [3.8, 4) is 0 Å². The Labute approximate surface area is 86.2 Å². The SMILES string of the molecule is CCC=C(C=Cc1ccccn1)CC. The number of allylic oxidation sites excluding steroid dienone is 3. The zero-order chi connectivity index (χ0) is 10.2.